The molecule has 3 aromatic rings. The standard InChI is InChI=1S/C29H35F/c1-3-5-6-7-8-9-26-18-21-28(29(30)22-26)27-19-16-25(17-20-27)15-14-24-12-10-23(4-2)11-13-24/h10-13,16-22H,3-9,14-15H2,1-2H3. The lowest BCUT2D eigenvalue weighted by atomic mass is 9.98. The van der Waals surface area contributed by atoms with E-state index in [1.54, 1.807) is 6.07 Å². The van der Waals surface area contributed by atoms with E-state index in [4.69, 9.17) is 0 Å². The maximum atomic E-state index is 14.7. The minimum absolute atomic E-state index is 0.107. The van der Waals surface area contributed by atoms with E-state index in [-0.39, 0.29) is 5.82 Å². The molecule has 158 valence electrons. The molecule has 0 aliphatic heterocycles. The average Bonchev–Trinajstić information content (AvgIpc) is 2.78. The molecule has 0 aromatic heterocycles. The second kappa shape index (κ2) is 11.7. The van der Waals surface area contributed by atoms with Gasteiger partial charge in [-0.1, -0.05) is 100 Å². The van der Waals surface area contributed by atoms with Crippen molar-refractivity contribution in [2.75, 3.05) is 0 Å². The normalized spacial score (nSPS) is 11.0. The zero-order valence-corrected chi connectivity index (χ0v) is 18.6. The van der Waals surface area contributed by atoms with Crippen molar-refractivity contribution in [2.45, 2.75) is 71.6 Å². The van der Waals surface area contributed by atoms with Gasteiger partial charge < -0.3 is 0 Å². The molecule has 0 bridgehead atoms. The number of rotatable bonds is 11. The van der Waals surface area contributed by atoms with Crippen molar-refractivity contribution in [3.8, 4) is 11.1 Å². The Kier molecular flexibility index (Phi) is 8.68. The van der Waals surface area contributed by atoms with Gasteiger partial charge in [-0.3, -0.25) is 0 Å². The number of hydrogen-bond donors (Lipinski definition) is 0. The summed E-state index contributed by atoms with van der Waals surface area (Å²) in [5.74, 6) is -0.107. The topological polar surface area (TPSA) is 0 Å². The molecule has 0 heterocycles. The van der Waals surface area contributed by atoms with Crippen LogP contribution in [-0.4, -0.2) is 0 Å². The monoisotopic (exact) mass is 402 g/mol. The SMILES string of the molecule is CCCCCCCc1ccc(-c2ccc(CCc3ccc(CC)cc3)cc2)c(F)c1. The van der Waals surface area contributed by atoms with Crippen molar-refractivity contribution in [2.24, 2.45) is 0 Å². The zero-order chi connectivity index (χ0) is 21.2. The van der Waals surface area contributed by atoms with Gasteiger partial charge in [0, 0.05) is 5.56 Å². The summed E-state index contributed by atoms with van der Waals surface area (Å²) in [5, 5.41) is 0. The summed E-state index contributed by atoms with van der Waals surface area (Å²) >= 11 is 0. The molecule has 0 N–H and O–H groups in total. The summed E-state index contributed by atoms with van der Waals surface area (Å²) in [6.07, 6.45) is 10.3. The van der Waals surface area contributed by atoms with Crippen LogP contribution in [0.25, 0.3) is 11.1 Å². The summed E-state index contributed by atoms with van der Waals surface area (Å²) < 4.78 is 14.7. The lowest BCUT2D eigenvalue weighted by Gasteiger charge is -2.09. The first-order valence-electron chi connectivity index (χ1n) is 11.6. The van der Waals surface area contributed by atoms with E-state index < -0.39 is 0 Å². The Labute approximate surface area is 182 Å². The molecule has 0 amide bonds. The minimum atomic E-state index is -0.107. The molecule has 30 heavy (non-hydrogen) atoms. The molecule has 0 saturated carbocycles. The van der Waals surface area contributed by atoms with Crippen LogP contribution in [0.5, 0.6) is 0 Å². The van der Waals surface area contributed by atoms with Crippen molar-refractivity contribution in [3.63, 3.8) is 0 Å². The van der Waals surface area contributed by atoms with Crippen LogP contribution in [0.2, 0.25) is 0 Å². The van der Waals surface area contributed by atoms with E-state index in [0.29, 0.717) is 5.56 Å². The Hall–Kier alpha value is -2.41. The van der Waals surface area contributed by atoms with Crippen LogP contribution >= 0.6 is 0 Å². The fourth-order valence-corrected chi connectivity index (χ4v) is 3.96. The molecular formula is C29H35F. The van der Waals surface area contributed by atoms with Crippen LogP contribution in [0, 0.1) is 5.82 Å². The summed E-state index contributed by atoms with van der Waals surface area (Å²) in [7, 11) is 0. The maximum Gasteiger partial charge on any atom is 0.131 e. The van der Waals surface area contributed by atoms with Crippen LogP contribution in [-0.2, 0) is 25.7 Å². The van der Waals surface area contributed by atoms with Crippen LogP contribution in [0.1, 0.15) is 68.2 Å². The van der Waals surface area contributed by atoms with Gasteiger partial charge in [-0.15, -0.1) is 0 Å². The molecule has 1 heteroatoms. The molecule has 3 aromatic carbocycles. The number of benzene rings is 3. The molecule has 0 spiro atoms. The van der Waals surface area contributed by atoms with Gasteiger partial charge in [-0.05, 0) is 66.0 Å². The van der Waals surface area contributed by atoms with Crippen LogP contribution in [0.15, 0.2) is 66.7 Å². The first-order chi connectivity index (χ1) is 14.7. The van der Waals surface area contributed by atoms with Gasteiger partial charge in [0.15, 0.2) is 0 Å². The lowest BCUT2D eigenvalue weighted by Crippen LogP contribution is -1.93. The second-order valence-electron chi connectivity index (χ2n) is 8.35. The Morgan fingerprint density at radius 1 is 0.567 bits per heavy atom. The summed E-state index contributed by atoms with van der Waals surface area (Å²) in [5.41, 5.74) is 6.81. The third-order valence-corrected chi connectivity index (χ3v) is 6.00. The van der Waals surface area contributed by atoms with E-state index in [0.717, 1.165) is 43.2 Å². The molecule has 3 rings (SSSR count). The Balaban J connectivity index is 1.55. The molecule has 0 fully saturated rings. The molecule has 0 radical (unpaired) electrons. The van der Waals surface area contributed by atoms with E-state index >= 15 is 0 Å². The fraction of sp³-hybridized carbons (Fsp3) is 0.379. The van der Waals surface area contributed by atoms with E-state index in [1.165, 1.54) is 42.4 Å². The van der Waals surface area contributed by atoms with Gasteiger partial charge in [0.05, 0.1) is 0 Å². The summed E-state index contributed by atoms with van der Waals surface area (Å²) in [4.78, 5) is 0. The maximum absolute atomic E-state index is 14.7. The molecule has 0 aliphatic carbocycles. The highest BCUT2D eigenvalue weighted by atomic mass is 19.1. The molecule has 0 saturated heterocycles. The van der Waals surface area contributed by atoms with Crippen LogP contribution in [0.4, 0.5) is 4.39 Å². The summed E-state index contributed by atoms with van der Waals surface area (Å²) in [6.45, 7) is 4.41. The van der Waals surface area contributed by atoms with E-state index in [9.17, 15) is 4.39 Å². The first kappa shape index (κ1) is 22.3. The van der Waals surface area contributed by atoms with Crippen molar-refractivity contribution in [1.82, 2.24) is 0 Å². The summed E-state index contributed by atoms with van der Waals surface area (Å²) in [6, 6.07) is 23.0. The van der Waals surface area contributed by atoms with Gasteiger partial charge in [-0.25, -0.2) is 4.39 Å². The minimum Gasteiger partial charge on any atom is -0.206 e. The van der Waals surface area contributed by atoms with Crippen LogP contribution in [0.3, 0.4) is 0 Å². The highest BCUT2D eigenvalue weighted by Crippen LogP contribution is 2.25. The predicted molar refractivity (Wildman–Crippen MR) is 128 cm³/mol. The van der Waals surface area contributed by atoms with Crippen LogP contribution < -0.4 is 0 Å². The van der Waals surface area contributed by atoms with Crippen molar-refractivity contribution >= 4 is 0 Å². The predicted octanol–water partition coefficient (Wildman–Crippen LogP) is 8.35. The highest BCUT2D eigenvalue weighted by Gasteiger charge is 2.07. The van der Waals surface area contributed by atoms with Gasteiger partial charge in [0.1, 0.15) is 5.82 Å². The Bertz CT molecular complexity index is 891. The van der Waals surface area contributed by atoms with Crippen molar-refractivity contribution in [3.05, 3.63) is 94.8 Å². The molecule has 0 nitrogen and oxygen atoms in total. The molecular weight excluding hydrogens is 367 g/mol. The Morgan fingerprint density at radius 3 is 1.73 bits per heavy atom. The number of unbranched alkanes of at least 4 members (excludes halogenated alkanes) is 4. The van der Waals surface area contributed by atoms with Gasteiger partial charge in [0.2, 0.25) is 0 Å². The quantitative estimate of drug-likeness (QED) is 0.283. The van der Waals surface area contributed by atoms with E-state index in [1.807, 2.05) is 6.07 Å². The number of halogens is 1. The zero-order valence-electron chi connectivity index (χ0n) is 18.6. The third kappa shape index (κ3) is 6.55. The largest absolute Gasteiger partial charge is 0.206 e. The molecule has 0 aliphatic rings. The van der Waals surface area contributed by atoms with Crippen molar-refractivity contribution in [1.29, 1.82) is 0 Å². The van der Waals surface area contributed by atoms with Gasteiger partial charge in [0.25, 0.3) is 0 Å². The molecule has 0 unspecified atom stereocenters. The third-order valence-electron chi connectivity index (χ3n) is 6.00. The lowest BCUT2D eigenvalue weighted by molar-refractivity contribution is 0.618. The fourth-order valence-electron chi connectivity index (χ4n) is 3.96. The average molecular weight is 403 g/mol. The van der Waals surface area contributed by atoms with Gasteiger partial charge in [-0.2, -0.15) is 0 Å². The van der Waals surface area contributed by atoms with Crippen molar-refractivity contribution < 1.29 is 4.39 Å². The Morgan fingerprint density at radius 2 is 1.13 bits per heavy atom. The van der Waals surface area contributed by atoms with Gasteiger partial charge >= 0.3 is 0 Å². The number of hydrogen-bond acceptors (Lipinski definition) is 0. The highest BCUT2D eigenvalue weighted by molar-refractivity contribution is 5.64. The number of aryl methyl sites for hydroxylation is 4. The first-order valence-corrected chi connectivity index (χ1v) is 11.6. The van der Waals surface area contributed by atoms with E-state index in [2.05, 4.69) is 68.4 Å². The smallest absolute Gasteiger partial charge is 0.131 e. The molecule has 0 atom stereocenters. The second-order valence-corrected chi connectivity index (χ2v) is 8.35.